The lowest BCUT2D eigenvalue weighted by atomic mass is 10.0. The number of carboxylic acid groups (broad SMARTS) is 1. The van der Waals surface area contributed by atoms with E-state index < -0.39 is 45.1 Å². The predicted octanol–water partition coefficient (Wildman–Crippen LogP) is 14.7. The van der Waals surface area contributed by atoms with Crippen molar-refractivity contribution < 1.29 is 42.7 Å². The highest BCUT2D eigenvalue weighted by atomic mass is 31.2. The summed E-state index contributed by atoms with van der Waals surface area (Å²) in [4.78, 5) is 33.7. The van der Waals surface area contributed by atoms with Gasteiger partial charge in [0, 0.05) is 13.0 Å². The summed E-state index contributed by atoms with van der Waals surface area (Å²) >= 11 is 0. The van der Waals surface area contributed by atoms with Crippen LogP contribution in [0.15, 0.2) is 24.3 Å². The van der Waals surface area contributed by atoms with Crippen LogP contribution in [-0.4, -0.2) is 60.5 Å². The molecule has 0 aromatic carbocycles. The molecule has 4 N–H and O–H groups in total. The van der Waals surface area contributed by atoms with Crippen LogP contribution in [0.4, 0.5) is 0 Å². The summed E-state index contributed by atoms with van der Waals surface area (Å²) in [5.74, 6) is -1.77. The summed E-state index contributed by atoms with van der Waals surface area (Å²) in [6, 6.07) is -1.47. The van der Waals surface area contributed by atoms with Crippen molar-refractivity contribution in [3.8, 4) is 0 Å². The number of phosphoric acid groups is 1. The Labute approximate surface area is 374 Å². The number of phosphoric ester groups is 1. The van der Waals surface area contributed by atoms with Crippen LogP contribution in [0.5, 0.6) is 0 Å². The Morgan fingerprint density at radius 3 is 1.36 bits per heavy atom. The molecule has 0 spiro atoms. The van der Waals surface area contributed by atoms with E-state index in [9.17, 15) is 19.0 Å². The number of carbonyl (C=O) groups excluding carboxylic acids is 1. The first-order valence-corrected chi connectivity index (χ1v) is 26.9. The van der Waals surface area contributed by atoms with Crippen LogP contribution in [0, 0.1) is 0 Å². The summed E-state index contributed by atoms with van der Waals surface area (Å²) in [6.45, 7) is 3.90. The minimum Gasteiger partial charge on any atom is -0.480 e. The van der Waals surface area contributed by atoms with Crippen LogP contribution in [0.2, 0.25) is 0 Å². The summed E-state index contributed by atoms with van der Waals surface area (Å²) in [5.41, 5.74) is 5.37. The molecular formula is C50H96NO9P. The number of nitrogens with two attached hydrogens (primary N) is 1. The summed E-state index contributed by atoms with van der Waals surface area (Å²) < 4.78 is 33.5. The molecule has 61 heavy (non-hydrogen) atoms. The fraction of sp³-hybridized carbons (Fsp3) is 0.880. The van der Waals surface area contributed by atoms with Gasteiger partial charge in [0.1, 0.15) is 12.1 Å². The van der Waals surface area contributed by atoms with Crippen LogP contribution < -0.4 is 5.73 Å². The topological polar surface area (TPSA) is 155 Å². The second kappa shape index (κ2) is 46.4. The maximum Gasteiger partial charge on any atom is 0.472 e. The van der Waals surface area contributed by atoms with Crippen LogP contribution in [0.25, 0.3) is 0 Å². The average Bonchev–Trinajstić information content (AvgIpc) is 3.24. The normalized spacial score (nSPS) is 13.9. The number of ether oxygens (including phenoxy) is 2. The Morgan fingerprint density at radius 2 is 0.902 bits per heavy atom. The summed E-state index contributed by atoms with van der Waals surface area (Å²) in [5, 5.41) is 8.92. The Morgan fingerprint density at radius 1 is 0.525 bits per heavy atom. The second-order valence-electron chi connectivity index (χ2n) is 17.3. The average molecular weight is 886 g/mol. The van der Waals surface area contributed by atoms with E-state index in [0.717, 1.165) is 51.4 Å². The number of unbranched alkanes of at least 4 members (excludes halogenated alkanes) is 31. The van der Waals surface area contributed by atoms with E-state index in [2.05, 4.69) is 38.2 Å². The van der Waals surface area contributed by atoms with Gasteiger partial charge in [-0.3, -0.25) is 18.6 Å². The number of hydrogen-bond acceptors (Lipinski definition) is 8. The fourth-order valence-electron chi connectivity index (χ4n) is 7.28. The molecule has 11 heteroatoms. The third-order valence-electron chi connectivity index (χ3n) is 11.2. The molecule has 360 valence electrons. The standard InChI is InChI=1S/C50H96NO9P/c1-3-5-7-9-11-13-15-17-19-21-23-25-27-29-31-33-35-37-39-41-43-57-44-47(45-58-61(55,56)59-46-48(51)50(53)54)60-49(52)42-40-38-36-34-32-30-28-26-24-22-20-18-16-14-12-10-8-6-4-2/h12,14,18,20,47-48H,3-11,13,15-17,19,21-46,51H2,1-2H3,(H,53,54)(H,55,56)/b14-12-,20-18-. The molecular weight excluding hydrogens is 790 g/mol. The van der Waals surface area contributed by atoms with Gasteiger partial charge in [-0.15, -0.1) is 0 Å². The van der Waals surface area contributed by atoms with E-state index in [1.54, 1.807) is 0 Å². The van der Waals surface area contributed by atoms with E-state index in [1.165, 1.54) is 167 Å². The van der Waals surface area contributed by atoms with E-state index in [-0.39, 0.29) is 13.0 Å². The van der Waals surface area contributed by atoms with Crippen molar-refractivity contribution in [3.05, 3.63) is 24.3 Å². The van der Waals surface area contributed by atoms with Crippen molar-refractivity contribution in [3.63, 3.8) is 0 Å². The van der Waals surface area contributed by atoms with Gasteiger partial charge >= 0.3 is 19.8 Å². The van der Waals surface area contributed by atoms with Gasteiger partial charge in [0.25, 0.3) is 0 Å². The van der Waals surface area contributed by atoms with Crippen molar-refractivity contribution >= 4 is 19.8 Å². The number of hydrogen-bond donors (Lipinski definition) is 3. The molecule has 0 saturated heterocycles. The zero-order valence-electron chi connectivity index (χ0n) is 39.5. The van der Waals surface area contributed by atoms with Gasteiger partial charge in [0.15, 0.2) is 0 Å². The van der Waals surface area contributed by atoms with Crippen molar-refractivity contribution in [2.24, 2.45) is 5.73 Å². The Kier molecular flexibility index (Phi) is 45.3. The smallest absolute Gasteiger partial charge is 0.472 e. The maximum absolute atomic E-state index is 12.7. The summed E-state index contributed by atoms with van der Waals surface area (Å²) in [6.07, 6.45) is 52.3. The molecule has 0 saturated carbocycles. The molecule has 0 bridgehead atoms. The number of carbonyl (C=O) groups is 2. The van der Waals surface area contributed by atoms with Crippen molar-refractivity contribution in [1.29, 1.82) is 0 Å². The van der Waals surface area contributed by atoms with Crippen molar-refractivity contribution in [2.45, 2.75) is 257 Å². The highest BCUT2D eigenvalue weighted by molar-refractivity contribution is 7.47. The third-order valence-corrected chi connectivity index (χ3v) is 12.2. The largest absolute Gasteiger partial charge is 0.480 e. The Hall–Kier alpha value is -1.55. The maximum atomic E-state index is 12.7. The molecule has 0 amide bonds. The zero-order valence-corrected chi connectivity index (χ0v) is 40.4. The molecule has 0 aliphatic rings. The van der Waals surface area contributed by atoms with Gasteiger partial charge in [0.2, 0.25) is 0 Å². The molecule has 3 atom stereocenters. The zero-order chi connectivity index (χ0) is 44.8. The molecule has 0 aliphatic heterocycles. The lowest BCUT2D eigenvalue weighted by Crippen LogP contribution is -2.34. The van der Waals surface area contributed by atoms with Crippen LogP contribution in [0.1, 0.15) is 245 Å². The van der Waals surface area contributed by atoms with Crippen LogP contribution >= 0.6 is 7.82 Å². The van der Waals surface area contributed by atoms with Crippen LogP contribution in [0.3, 0.4) is 0 Å². The molecule has 0 aromatic heterocycles. The van der Waals surface area contributed by atoms with Crippen molar-refractivity contribution in [1.82, 2.24) is 0 Å². The van der Waals surface area contributed by atoms with Gasteiger partial charge in [0.05, 0.1) is 19.8 Å². The lowest BCUT2D eigenvalue weighted by molar-refractivity contribution is -0.154. The van der Waals surface area contributed by atoms with Gasteiger partial charge in [-0.25, -0.2) is 4.57 Å². The van der Waals surface area contributed by atoms with E-state index in [1.807, 2.05) is 0 Å². The number of allylic oxidation sites excluding steroid dienone is 4. The number of esters is 1. The first kappa shape index (κ1) is 59.5. The quantitative estimate of drug-likeness (QED) is 0.0233. The number of carboxylic acids is 1. The minimum atomic E-state index is -4.62. The van der Waals surface area contributed by atoms with Gasteiger partial charge in [-0.1, -0.05) is 218 Å². The molecule has 0 radical (unpaired) electrons. The molecule has 0 heterocycles. The van der Waals surface area contributed by atoms with E-state index >= 15 is 0 Å². The fourth-order valence-corrected chi connectivity index (χ4v) is 8.06. The molecule has 0 aromatic rings. The lowest BCUT2D eigenvalue weighted by Gasteiger charge is -2.20. The Bertz CT molecular complexity index is 1070. The monoisotopic (exact) mass is 886 g/mol. The van der Waals surface area contributed by atoms with Gasteiger partial charge in [-0.2, -0.15) is 0 Å². The molecule has 0 fully saturated rings. The highest BCUT2D eigenvalue weighted by Gasteiger charge is 2.27. The molecule has 3 unspecified atom stereocenters. The second-order valence-corrected chi connectivity index (χ2v) is 18.8. The third kappa shape index (κ3) is 46.3. The van der Waals surface area contributed by atoms with Gasteiger partial charge in [-0.05, 0) is 44.9 Å². The molecule has 10 nitrogen and oxygen atoms in total. The molecule has 0 aliphatic carbocycles. The highest BCUT2D eigenvalue weighted by Crippen LogP contribution is 2.43. The first-order chi connectivity index (χ1) is 29.7. The minimum absolute atomic E-state index is 0.0202. The predicted molar refractivity (Wildman–Crippen MR) is 254 cm³/mol. The summed E-state index contributed by atoms with van der Waals surface area (Å²) in [7, 11) is -4.62. The Balaban J connectivity index is 4.12. The van der Waals surface area contributed by atoms with E-state index in [4.69, 9.17) is 29.4 Å². The van der Waals surface area contributed by atoms with E-state index in [0.29, 0.717) is 13.0 Å². The number of aliphatic carboxylic acids is 1. The van der Waals surface area contributed by atoms with Crippen molar-refractivity contribution in [2.75, 3.05) is 26.4 Å². The van der Waals surface area contributed by atoms with Crippen LogP contribution in [-0.2, 0) is 32.7 Å². The number of rotatable bonds is 49. The molecule has 0 rings (SSSR count). The van der Waals surface area contributed by atoms with Gasteiger partial charge < -0.3 is 25.2 Å². The first-order valence-electron chi connectivity index (χ1n) is 25.4. The SMILES string of the molecule is CCCCC/C=C\C/C=C\CCCCCCCCCCCC(=O)OC(COCCCCCCCCCCCCCCCCCCCCCC)COP(=O)(O)OCC(N)C(=O)O.